The first-order valence-electron chi connectivity index (χ1n) is 8.03. The molecular weight excluding hydrogens is 248 g/mol. The van der Waals surface area contributed by atoms with Gasteiger partial charge in [-0.1, -0.05) is 43.2 Å². The Morgan fingerprint density at radius 1 is 1.05 bits per heavy atom. The third kappa shape index (κ3) is 1.57. The number of carbonyl (C=O) groups is 1. The summed E-state index contributed by atoms with van der Waals surface area (Å²) >= 11 is 0. The molecule has 0 heterocycles. The number of hydrogen-bond acceptors (Lipinski definition) is 2. The molecule has 2 nitrogen and oxygen atoms in total. The molecule has 0 spiro atoms. The number of hydrogen-bond donors (Lipinski definition) is 1. The third-order valence-electron chi connectivity index (χ3n) is 6.11. The maximum atomic E-state index is 12.7. The molecule has 4 rings (SSSR count). The molecule has 2 bridgehead atoms. The van der Waals surface area contributed by atoms with Crippen LogP contribution in [0.1, 0.15) is 50.0 Å². The van der Waals surface area contributed by atoms with Crippen LogP contribution in [-0.4, -0.2) is 16.5 Å². The first kappa shape index (κ1) is 12.6. The standard InChI is InChI=1S/C18H22O2/c19-17-13-9-10-15(17)18(20)11-5-4-8-14(18)16(13)12-6-2-1-3-7-12/h1-3,6-7,13-16,20H,4-5,8-11H2/t13-,14-,15+,16+,18-/m0/s1. The maximum absolute atomic E-state index is 12.7. The van der Waals surface area contributed by atoms with Crippen molar-refractivity contribution in [1.82, 2.24) is 0 Å². The smallest absolute Gasteiger partial charge is 0.142 e. The maximum Gasteiger partial charge on any atom is 0.142 e. The van der Waals surface area contributed by atoms with Crippen molar-refractivity contribution in [1.29, 1.82) is 0 Å². The van der Waals surface area contributed by atoms with Crippen LogP contribution in [0.2, 0.25) is 0 Å². The fourth-order valence-corrected chi connectivity index (χ4v) is 5.29. The van der Waals surface area contributed by atoms with Crippen LogP contribution in [0.3, 0.4) is 0 Å². The van der Waals surface area contributed by atoms with Gasteiger partial charge >= 0.3 is 0 Å². The Labute approximate surface area is 120 Å². The van der Waals surface area contributed by atoms with Gasteiger partial charge < -0.3 is 5.11 Å². The quantitative estimate of drug-likeness (QED) is 0.850. The Hall–Kier alpha value is -1.15. The molecule has 3 aliphatic carbocycles. The van der Waals surface area contributed by atoms with Gasteiger partial charge in [0.25, 0.3) is 0 Å². The van der Waals surface area contributed by atoms with Crippen molar-refractivity contribution in [2.45, 2.75) is 50.0 Å². The van der Waals surface area contributed by atoms with E-state index in [1.54, 1.807) is 0 Å². The SMILES string of the molecule is O=C1[C@H]2CC[C@H]1[C@]1(O)CCCC[C@H]1[C@@H]2c1ccccc1. The molecule has 3 fully saturated rings. The summed E-state index contributed by atoms with van der Waals surface area (Å²) in [5.41, 5.74) is 0.541. The van der Waals surface area contributed by atoms with E-state index in [1.165, 1.54) is 12.0 Å². The van der Waals surface area contributed by atoms with Crippen LogP contribution < -0.4 is 0 Å². The molecule has 20 heavy (non-hydrogen) atoms. The van der Waals surface area contributed by atoms with Crippen molar-refractivity contribution >= 4 is 5.78 Å². The van der Waals surface area contributed by atoms with Crippen molar-refractivity contribution in [2.24, 2.45) is 17.8 Å². The van der Waals surface area contributed by atoms with E-state index in [1.807, 2.05) is 6.07 Å². The lowest BCUT2D eigenvalue weighted by atomic mass is 9.56. The van der Waals surface area contributed by atoms with Crippen molar-refractivity contribution in [3.63, 3.8) is 0 Å². The van der Waals surface area contributed by atoms with Crippen molar-refractivity contribution in [3.05, 3.63) is 35.9 Å². The van der Waals surface area contributed by atoms with Gasteiger partial charge in [-0.05, 0) is 43.1 Å². The average Bonchev–Trinajstić information content (AvgIpc) is 2.78. The van der Waals surface area contributed by atoms with E-state index in [0.29, 0.717) is 5.78 Å². The minimum atomic E-state index is -0.719. The molecule has 3 saturated carbocycles. The summed E-state index contributed by atoms with van der Waals surface area (Å²) in [6.45, 7) is 0. The van der Waals surface area contributed by atoms with Gasteiger partial charge in [0.1, 0.15) is 5.78 Å². The largest absolute Gasteiger partial charge is 0.389 e. The van der Waals surface area contributed by atoms with Gasteiger partial charge in [-0.25, -0.2) is 0 Å². The summed E-state index contributed by atoms with van der Waals surface area (Å²) in [6, 6.07) is 10.4. The molecule has 106 valence electrons. The number of rotatable bonds is 1. The Bertz CT molecular complexity index is 523. The molecule has 0 saturated heterocycles. The first-order valence-corrected chi connectivity index (χ1v) is 8.03. The van der Waals surface area contributed by atoms with Crippen LogP contribution in [0.4, 0.5) is 0 Å². The second-order valence-electron chi connectivity index (χ2n) is 6.92. The van der Waals surface area contributed by atoms with E-state index < -0.39 is 5.60 Å². The minimum Gasteiger partial charge on any atom is -0.389 e. The van der Waals surface area contributed by atoms with E-state index in [4.69, 9.17) is 0 Å². The lowest BCUT2D eigenvalue weighted by Crippen LogP contribution is -2.56. The Morgan fingerprint density at radius 2 is 1.85 bits per heavy atom. The molecule has 0 amide bonds. The van der Waals surface area contributed by atoms with Crippen molar-refractivity contribution in [3.8, 4) is 0 Å². The summed E-state index contributed by atoms with van der Waals surface area (Å²) in [4.78, 5) is 12.7. The third-order valence-corrected chi connectivity index (χ3v) is 6.11. The molecule has 0 aromatic heterocycles. The number of carbonyl (C=O) groups excluding carboxylic acids is 1. The monoisotopic (exact) mass is 270 g/mol. The summed E-state index contributed by atoms with van der Waals surface area (Å²) in [5.74, 6) is 0.963. The predicted octanol–water partition coefficient (Wildman–Crippen LogP) is 3.30. The molecule has 1 aromatic rings. The summed E-state index contributed by atoms with van der Waals surface area (Å²) in [6.07, 6.45) is 6.05. The highest BCUT2D eigenvalue weighted by Gasteiger charge is 2.61. The topological polar surface area (TPSA) is 37.3 Å². The van der Waals surface area contributed by atoms with Crippen LogP contribution >= 0.6 is 0 Å². The van der Waals surface area contributed by atoms with Gasteiger partial charge in [-0.15, -0.1) is 0 Å². The van der Waals surface area contributed by atoms with E-state index in [2.05, 4.69) is 24.3 Å². The van der Waals surface area contributed by atoms with Gasteiger partial charge in [-0.2, -0.15) is 0 Å². The molecule has 0 unspecified atom stereocenters. The zero-order valence-electron chi connectivity index (χ0n) is 11.8. The normalized spacial score (nSPS) is 43.4. The molecular formula is C18H22O2. The van der Waals surface area contributed by atoms with Crippen molar-refractivity contribution < 1.29 is 9.90 Å². The van der Waals surface area contributed by atoms with Gasteiger partial charge in [0, 0.05) is 11.8 Å². The number of aliphatic hydroxyl groups is 1. The summed E-state index contributed by atoms with van der Waals surface area (Å²) < 4.78 is 0. The van der Waals surface area contributed by atoms with Crippen LogP contribution in [0.5, 0.6) is 0 Å². The van der Waals surface area contributed by atoms with Gasteiger partial charge in [0.2, 0.25) is 0 Å². The highest BCUT2D eigenvalue weighted by molar-refractivity contribution is 5.89. The van der Waals surface area contributed by atoms with Gasteiger partial charge in [0.15, 0.2) is 0 Å². The first-order chi connectivity index (χ1) is 9.72. The highest BCUT2D eigenvalue weighted by atomic mass is 16.3. The number of Topliss-reactive ketones (excluding diaryl/α,β-unsaturated/α-hetero) is 1. The Morgan fingerprint density at radius 3 is 2.65 bits per heavy atom. The summed E-state index contributed by atoms with van der Waals surface area (Å²) in [5, 5.41) is 11.3. The molecule has 2 heteroatoms. The van der Waals surface area contributed by atoms with Gasteiger partial charge in [0.05, 0.1) is 5.60 Å². The number of ketones is 1. The average molecular weight is 270 g/mol. The van der Waals surface area contributed by atoms with Crippen molar-refractivity contribution in [2.75, 3.05) is 0 Å². The zero-order valence-corrected chi connectivity index (χ0v) is 11.8. The molecule has 0 aliphatic heterocycles. The minimum absolute atomic E-state index is 0.0715. The molecule has 0 radical (unpaired) electrons. The lowest BCUT2D eigenvalue weighted by molar-refractivity contribution is -0.156. The second-order valence-corrected chi connectivity index (χ2v) is 6.92. The fourth-order valence-electron chi connectivity index (χ4n) is 5.29. The Kier molecular flexibility index (Phi) is 2.78. The van der Waals surface area contributed by atoms with Crippen LogP contribution in [0.25, 0.3) is 0 Å². The number of fused-ring (bicyclic) bond motifs is 4. The van der Waals surface area contributed by atoms with E-state index in [9.17, 15) is 9.90 Å². The molecule has 5 atom stereocenters. The van der Waals surface area contributed by atoms with E-state index >= 15 is 0 Å². The fraction of sp³-hybridized carbons (Fsp3) is 0.611. The molecule has 1 N–H and O–H groups in total. The Balaban J connectivity index is 1.82. The predicted molar refractivity (Wildman–Crippen MR) is 77.3 cm³/mol. The number of benzene rings is 1. The summed E-state index contributed by atoms with van der Waals surface area (Å²) in [7, 11) is 0. The zero-order chi connectivity index (χ0) is 13.7. The lowest BCUT2D eigenvalue weighted by Gasteiger charge is -2.51. The highest BCUT2D eigenvalue weighted by Crippen LogP contribution is 2.59. The molecule has 1 aromatic carbocycles. The second kappa shape index (κ2) is 4.42. The van der Waals surface area contributed by atoms with E-state index in [-0.39, 0.29) is 23.7 Å². The molecule has 3 aliphatic rings. The van der Waals surface area contributed by atoms with Crippen LogP contribution in [-0.2, 0) is 4.79 Å². The van der Waals surface area contributed by atoms with Gasteiger partial charge in [-0.3, -0.25) is 4.79 Å². The van der Waals surface area contributed by atoms with E-state index in [0.717, 1.165) is 32.1 Å². The van der Waals surface area contributed by atoms with Crippen LogP contribution in [0.15, 0.2) is 30.3 Å². The van der Waals surface area contributed by atoms with Crippen LogP contribution in [0, 0.1) is 17.8 Å².